The Bertz CT molecular complexity index is 1350. The van der Waals surface area contributed by atoms with E-state index in [0.29, 0.717) is 23.0 Å². The molecule has 4 aromatic rings. The van der Waals surface area contributed by atoms with Gasteiger partial charge in [0.2, 0.25) is 5.89 Å². The highest BCUT2D eigenvalue weighted by atomic mass is 16.5. The molecule has 0 unspecified atom stereocenters. The lowest BCUT2D eigenvalue weighted by Gasteiger charge is -2.17. The molecule has 168 valence electrons. The SMILES string of the molecule is CCn1cc(-c2cc3c(cc2NC(=O)c2coc(-c4ccnc(N)c4)n2)CC(C)(C)O3)cn1. The quantitative estimate of drug-likeness (QED) is 0.474. The molecule has 4 heterocycles. The average Bonchev–Trinajstić information content (AvgIpc) is 3.50. The maximum Gasteiger partial charge on any atom is 0.277 e. The molecule has 1 amide bonds. The summed E-state index contributed by atoms with van der Waals surface area (Å²) in [5.41, 5.74) is 9.64. The minimum absolute atomic E-state index is 0.160. The van der Waals surface area contributed by atoms with E-state index in [2.05, 4.69) is 20.4 Å². The molecule has 9 nitrogen and oxygen atoms in total. The fourth-order valence-corrected chi connectivity index (χ4v) is 3.95. The molecule has 0 atom stereocenters. The molecule has 1 aromatic carbocycles. The number of carbonyl (C=O) groups is 1. The number of aryl methyl sites for hydroxylation is 1. The van der Waals surface area contributed by atoms with Gasteiger partial charge in [-0.05, 0) is 45.0 Å². The maximum absolute atomic E-state index is 13.1. The molecule has 0 fully saturated rings. The van der Waals surface area contributed by atoms with Gasteiger partial charge >= 0.3 is 0 Å². The first kappa shape index (κ1) is 20.7. The van der Waals surface area contributed by atoms with Crippen LogP contribution in [0.1, 0.15) is 36.8 Å². The van der Waals surface area contributed by atoms with Gasteiger partial charge in [-0.1, -0.05) is 0 Å². The second-order valence-electron chi connectivity index (χ2n) is 8.59. The first-order valence-electron chi connectivity index (χ1n) is 10.7. The van der Waals surface area contributed by atoms with Crippen LogP contribution in [-0.2, 0) is 13.0 Å². The van der Waals surface area contributed by atoms with E-state index in [9.17, 15) is 4.79 Å². The number of amides is 1. The van der Waals surface area contributed by atoms with E-state index in [1.165, 1.54) is 6.26 Å². The summed E-state index contributed by atoms with van der Waals surface area (Å²) in [6, 6.07) is 7.28. The molecule has 9 heteroatoms. The van der Waals surface area contributed by atoms with Crippen LogP contribution in [0.4, 0.5) is 11.5 Å². The van der Waals surface area contributed by atoms with Crippen LogP contribution in [0, 0.1) is 0 Å². The molecule has 3 N–H and O–H groups in total. The number of nitrogen functional groups attached to an aromatic ring is 1. The molecule has 0 saturated carbocycles. The number of fused-ring (bicyclic) bond motifs is 1. The monoisotopic (exact) mass is 444 g/mol. The van der Waals surface area contributed by atoms with Gasteiger partial charge < -0.3 is 20.2 Å². The third kappa shape index (κ3) is 4.05. The molecule has 0 aliphatic carbocycles. The van der Waals surface area contributed by atoms with Crippen molar-refractivity contribution in [2.75, 3.05) is 11.1 Å². The Balaban J connectivity index is 1.48. The Morgan fingerprint density at radius 1 is 1.27 bits per heavy atom. The first-order chi connectivity index (χ1) is 15.8. The highest BCUT2D eigenvalue weighted by molar-refractivity contribution is 6.05. The largest absolute Gasteiger partial charge is 0.487 e. The molecular weight excluding hydrogens is 420 g/mol. The van der Waals surface area contributed by atoms with Crippen molar-refractivity contribution in [2.45, 2.75) is 39.3 Å². The molecule has 0 spiro atoms. The molecule has 0 saturated heterocycles. The van der Waals surface area contributed by atoms with Crippen molar-refractivity contribution >= 4 is 17.4 Å². The molecule has 1 aliphatic rings. The van der Waals surface area contributed by atoms with E-state index < -0.39 is 0 Å². The number of hydrogen-bond donors (Lipinski definition) is 2. The number of nitrogens with zero attached hydrogens (tertiary/aromatic N) is 4. The van der Waals surface area contributed by atoms with Gasteiger partial charge in [-0.15, -0.1) is 0 Å². The Kier molecular flexibility index (Phi) is 4.88. The van der Waals surface area contributed by atoms with Gasteiger partial charge in [-0.3, -0.25) is 9.48 Å². The number of ether oxygens (including phenoxy) is 1. The summed E-state index contributed by atoms with van der Waals surface area (Å²) in [4.78, 5) is 21.4. The number of pyridine rings is 1. The summed E-state index contributed by atoms with van der Waals surface area (Å²) in [5.74, 6) is 1.07. The average molecular weight is 444 g/mol. The van der Waals surface area contributed by atoms with Crippen molar-refractivity contribution in [3.8, 4) is 28.3 Å². The zero-order chi connectivity index (χ0) is 23.2. The number of nitrogens with two attached hydrogens (primary N) is 1. The van der Waals surface area contributed by atoms with Crippen LogP contribution in [0.2, 0.25) is 0 Å². The van der Waals surface area contributed by atoms with Crippen molar-refractivity contribution in [2.24, 2.45) is 0 Å². The minimum atomic E-state index is -0.380. The normalized spacial score (nSPS) is 14.0. The van der Waals surface area contributed by atoms with Crippen molar-refractivity contribution in [3.05, 3.63) is 60.4 Å². The lowest BCUT2D eigenvalue weighted by Crippen LogP contribution is -2.24. The van der Waals surface area contributed by atoms with E-state index in [1.807, 2.05) is 43.8 Å². The second kappa shape index (κ2) is 7.77. The number of anilines is 2. The Morgan fingerprint density at radius 2 is 2.12 bits per heavy atom. The first-order valence-corrected chi connectivity index (χ1v) is 10.7. The summed E-state index contributed by atoms with van der Waals surface area (Å²) in [5, 5.41) is 7.37. The van der Waals surface area contributed by atoms with E-state index in [1.54, 1.807) is 24.5 Å². The highest BCUT2D eigenvalue weighted by Crippen LogP contribution is 2.41. The van der Waals surface area contributed by atoms with E-state index >= 15 is 0 Å². The number of carbonyl (C=O) groups excluding carboxylic acids is 1. The third-order valence-corrected chi connectivity index (χ3v) is 5.48. The standard InChI is InChI=1S/C24H24N6O3/c1-4-30-12-16(11-27-30)17-9-20-15(10-24(2,3)33-20)7-18(17)28-22(31)19-13-32-23(29-19)14-5-6-26-21(25)8-14/h5-9,11-13H,4,10H2,1-3H3,(H2,25,26)(H,28,31). The Labute approximate surface area is 190 Å². The van der Waals surface area contributed by atoms with Gasteiger partial charge in [-0.25, -0.2) is 9.97 Å². The number of benzene rings is 1. The van der Waals surface area contributed by atoms with Crippen LogP contribution >= 0.6 is 0 Å². The van der Waals surface area contributed by atoms with Gasteiger partial charge in [0.15, 0.2) is 5.69 Å². The van der Waals surface area contributed by atoms with Gasteiger partial charge in [0.1, 0.15) is 23.4 Å². The van der Waals surface area contributed by atoms with Crippen molar-refractivity contribution < 1.29 is 13.9 Å². The van der Waals surface area contributed by atoms with Crippen LogP contribution in [0.25, 0.3) is 22.6 Å². The van der Waals surface area contributed by atoms with Crippen LogP contribution in [0.3, 0.4) is 0 Å². The molecule has 3 aromatic heterocycles. The zero-order valence-electron chi connectivity index (χ0n) is 18.6. The molecule has 1 aliphatic heterocycles. The molecule has 33 heavy (non-hydrogen) atoms. The van der Waals surface area contributed by atoms with Crippen molar-refractivity contribution in [1.29, 1.82) is 0 Å². The second-order valence-corrected chi connectivity index (χ2v) is 8.59. The molecule has 0 radical (unpaired) electrons. The predicted molar refractivity (Wildman–Crippen MR) is 124 cm³/mol. The van der Waals surface area contributed by atoms with Gasteiger partial charge in [0.05, 0.1) is 6.20 Å². The summed E-state index contributed by atoms with van der Waals surface area (Å²) in [6.07, 6.45) is 7.36. The molecular formula is C24H24N6O3. The van der Waals surface area contributed by atoms with Crippen LogP contribution < -0.4 is 15.8 Å². The van der Waals surface area contributed by atoms with Gasteiger partial charge in [0.25, 0.3) is 5.91 Å². The lowest BCUT2D eigenvalue weighted by atomic mass is 9.98. The number of nitrogens with one attached hydrogen (secondary N) is 1. The lowest BCUT2D eigenvalue weighted by molar-refractivity contribution is 0.102. The van der Waals surface area contributed by atoms with Gasteiger partial charge in [0, 0.05) is 53.3 Å². The fraction of sp³-hybridized carbons (Fsp3) is 0.250. The van der Waals surface area contributed by atoms with Gasteiger partial charge in [-0.2, -0.15) is 5.10 Å². The minimum Gasteiger partial charge on any atom is -0.487 e. The molecule has 5 rings (SSSR count). The number of aromatic nitrogens is 4. The Morgan fingerprint density at radius 3 is 2.88 bits per heavy atom. The molecule has 0 bridgehead atoms. The summed E-state index contributed by atoms with van der Waals surface area (Å²) < 4.78 is 13.5. The number of hydrogen-bond acceptors (Lipinski definition) is 7. The van der Waals surface area contributed by atoms with Crippen LogP contribution in [0.5, 0.6) is 5.75 Å². The third-order valence-electron chi connectivity index (χ3n) is 5.48. The zero-order valence-corrected chi connectivity index (χ0v) is 18.6. The fourth-order valence-electron chi connectivity index (χ4n) is 3.95. The summed E-state index contributed by atoms with van der Waals surface area (Å²) in [6.45, 7) is 6.86. The van der Waals surface area contributed by atoms with Crippen LogP contribution in [0.15, 0.2) is 53.5 Å². The number of rotatable bonds is 5. The summed E-state index contributed by atoms with van der Waals surface area (Å²) >= 11 is 0. The Hall–Kier alpha value is -4.14. The van der Waals surface area contributed by atoms with E-state index in [-0.39, 0.29) is 17.2 Å². The highest BCUT2D eigenvalue weighted by Gasteiger charge is 2.31. The van der Waals surface area contributed by atoms with Crippen molar-refractivity contribution in [3.63, 3.8) is 0 Å². The topological polar surface area (TPSA) is 121 Å². The predicted octanol–water partition coefficient (Wildman–Crippen LogP) is 4.17. The van der Waals surface area contributed by atoms with Crippen LogP contribution in [-0.4, -0.2) is 31.3 Å². The maximum atomic E-state index is 13.1. The number of oxazole rings is 1. The summed E-state index contributed by atoms with van der Waals surface area (Å²) in [7, 11) is 0. The smallest absolute Gasteiger partial charge is 0.277 e. The van der Waals surface area contributed by atoms with Crippen molar-refractivity contribution in [1.82, 2.24) is 19.7 Å². The van der Waals surface area contributed by atoms with E-state index in [0.717, 1.165) is 35.4 Å². The van der Waals surface area contributed by atoms with E-state index in [4.69, 9.17) is 14.9 Å².